The van der Waals surface area contributed by atoms with Gasteiger partial charge < -0.3 is 9.80 Å². The number of fused-ring (bicyclic) bond motifs is 1. The van der Waals surface area contributed by atoms with Crippen LogP contribution in [0.3, 0.4) is 0 Å². The number of rotatable bonds is 2. The number of carbonyl (C=O) groups excluding carboxylic acids is 2. The smallest absolute Gasteiger partial charge is 0.226 e. The third kappa shape index (κ3) is 2.10. The summed E-state index contributed by atoms with van der Waals surface area (Å²) in [7, 11) is 0. The fourth-order valence-electron chi connectivity index (χ4n) is 2.26. The van der Waals surface area contributed by atoms with Crippen LogP contribution in [0.1, 0.15) is 26.7 Å². The Labute approximate surface area is 107 Å². The lowest BCUT2D eigenvalue weighted by Crippen LogP contribution is -2.46. The molecule has 4 nitrogen and oxygen atoms in total. The van der Waals surface area contributed by atoms with E-state index in [-0.39, 0.29) is 11.8 Å². The van der Waals surface area contributed by atoms with Crippen molar-refractivity contribution in [2.45, 2.75) is 26.7 Å². The van der Waals surface area contributed by atoms with Crippen LogP contribution in [0.4, 0.5) is 11.4 Å². The van der Waals surface area contributed by atoms with Crippen molar-refractivity contribution in [1.29, 1.82) is 0 Å². The Hall–Kier alpha value is -1.84. The van der Waals surface area contributed by atoms with E-state index in [0.29, 0.717) is 25.9 Å². The molecule has 0 fully saturated rings. The first-order chi connectivity index (χ1) is 8.69. The molecule has 0 atom stereocenters. The van der Waals surface area contributed by atoms with Crippen LogP contribution in [-0.4, -0.2) is 24.9 Å². The Kier molecular flexibility index (Phi) is 3.65. The minimum absolute atomic E-state index is 0.103. The molecule has 0 spiro atoms. The molecular formula is C14H18N2O2. The monoisotopic (exact) mass is 246 g/mol. The average Bonchev–Trinajstić information content (AvgIpc) is 2.44. The van der Waals surface area contributed by atoms with Gasteiger partial charge in [0.25, 0.3) is 0 Å². The van der Waals surface area contributed by atoms with E-state index >= 15 is 0 Å². The highest BCUT2D eigenvalue weighted by Crippen LogP contribution is 2.33. The number of hydrogen-bond acceptors (Lipinski definition) is 2. The third-order valence-corrected chi connectivity index (χ3v) is 3.22. The lowest BCUT2D eigenvalue weighted by Gasteiger charge is -2.36. The molecule has 2 amide bonds. The molecule has 1 aromatic carbocycles. The third-order valence-electron chi connectivity index (χ3n) is 3.22. The maximum atomic E-state index is 11.9. The van der Waals surface area contributed by atoms with Gasteiger partial charge in [-0.05, 0) is 12.1 Å². The van der Waals surface area contributed by atoms with Gasteiger partial charge in [-0.15, -0.1) is 0 Å². The van der Waals surface area contributed by atoms with E-state index in [9.17, 15) is 9.59 Å². The van der Waals surface area contributed by atoms with E-state index in [4.69, 9.17) is 0 Å². The Balaban J connectivity index is 2.40. The summed E-state index contributed by atoms with van der Waals surface area (Å²) in [5.41, 5.74) is 1.69. The Bertz CT molecular complexity index is 428. The van der Waals surface area contributed by atoms with Crippen LogP contribution in [0.25, 0.3) is 0 Å². The molecule has 96 valence electrons. The molecule has 1 aromatic rings. The average molecular weight is 246 g/mol. The van der Waals surface area contributed by atoms with Gasteiger partial charge in [0.15, 0.2) is 0 Å². The molecule has 0 saturated heterocycles. The van der Waals surface area contributed by atoms with Gasteiger partial charge in [-0.25, -0.2) is 0 Å². The van der Waals surface area contributed by atoms with Crippen molar-refractivity contribution in [2.24, 2.45) is 0 Å². The van der Waals surface area contributed by atoms with E-state index in [2.05, 4.69) is 0 Å². The molecular weight excluding hydrogens is 228 g/mol. The first-order valence-electron chi connectivity index (χ1n) is 6.38. The highest BCUT2D eigenvalue weighted by atomic mass is 16.2. The molecule has 0 aromatic heterocycles. The van der Waals surface area contributed by atoms with Crippen molar-refractivity contribution in [2.75, 3.05) is 22.9 Å². The van der Waals surface area contributed by atoms with Crippen LogP contribution >= 0.6 is 0 Å². The van der Waals surface area contributed by atoms with Crippen molar-refractivity contribution in [3.8, 4) is 0 Å². The lowest BCUT2D eigenvalue weighted by atomic mass is 10.1. The quantitative estimate of drug-likeness (QED) is 0.802. The number of anilines is 2. The van der Waals surface area contributed by atoms with Crippen molar-refractivity contribution >= 4 is 23.2 Å². The molecule has 1 aliphatic heterocycles. The van der Waals surface area contributed by atoms with Crippen molar-refractivity contribution in [3.63, 3.8) is 0 Å². The number of benzene rings is 1. The highest BCUT2D eigenvalue weighted by Gasteiger charge is 2.28. The first kappa shape index (κ1) is 12.6. The topological polar surface area (TPSA) is 40.6 Å². The largest absolute Gasteiger partial charge is 0.309 e. The summed E-state index contributed by atoms with van der Waals surface area (Å²) in [6.45, 7) is 4.87. The Morgan fingerprint density at radius 1 is 0.944 bits per heavy atom. The molecule has 0 saturated carbocycles. The van der Waals surface area contributed by atoms with Crippen molar-refractivity contribution < 1.29 is 9.59 Å². The Morgan fingerprint density at radius 2 is 1.33 bits per heavy atom. The fourth-order valence-corrected chi connectivity index (χ4v) is 2.26. The minimum Gasteiger partial charge on any atom is -0.309 e. The van der Waals surface area contributed by atoms with Gasteiger partial charge in [0.1, 0.15) is 0 Å². The molecule has 1 heterocycles. The van der Waals surface area contributed by atoms with Crippen LogP contribution in [0, 0.1) is 0 Å². The van der Waals surface area contributed by atoms with Crippen LogP contribution < -0.4 is 9.80 Å². The van der Waals surface area contributed by atoms with Crippen LogP contribution in [0.15, 0.2) is 24.3 Å². The second-order valence-electron chi connectivity index (χ2n) is 4.29. The fraction of sp³-hybridized carbons (Fsp3) is 0.429. The molecule has 2 rings (SSSR count). The van der Waals surface area contributed by atoms with Gasteiger partial charge in [-0.2, -0.15) is 0 Å². The summed E-state index contributed by atoms with van der Waals surface area (Å²) in [6.07, 6.45) is 0.964. The normalized spacial score (nSPS) is 14.3. The van der Waals surface area contributed by atoms with Gasteiger partial charge in [0.2, 0.25) is 11.8 Å². The van der Waals surface area contributed by atoms with Crippen LogP contribution in [-0.2, 0) is 9.59 Å². The second-order valence-corrected chi connectivity index (χ2v) is 4.29. The predicted molar refractivity (Wildman–Crippen MR) is 71.7 cm³/mol. The van der Waals surface area contributed by atoms with E-state index in [1.54, 1.807) is 9.80 Å². The van der Waals surface area contributed by atoms with Gasteiger partial charge in [0, 0.05) is 25.9 Å². The van der Waals surface area contributed by atoms with E-state index in [1.807, 2.05) is 38.1 Å². The van der Waals surface area contributed by atoms with Crippen molar-refractivity contribution in [1.82, 2.24) is 0 Å². The SMILES string of the molecule is CCC(=O)N1CCN(C(=O)CC)c2ccccc21. The summed E-state index contributed by atoms with van der Waals surface area (Å²) in [5, 5.41) is 0. The summed E-state index contributed by atoms with van der Waals surface area (Å²) in [4.78, 5) is 27.3. The number of hydrogen-bond donors (Lipinski definition) is 0. The maximum Gasteiger partial charge on any atom is 0.226 e. The van der Waals surface area contributed by atoms with Crippen molar-refractivity contribution in [3.05, 3.63) is 24.3 Å². The Morgan fingerprint density at radius 3 is 1.67 bits per heavy atom. The predicted octanol–water partition coefficient (Wildman–Crippen LogP) is 2.19. The van der Waals surface area contributed by atoms with E-state index in [1.165, 1.54) is 0 Å². The molecule has 0 radical (unpaired) electrons. The number of carbonyl (C=O) groups is 2. The van der Waals surface area contributed by atoms with E-state index < -0.39 is 0 Å². The molecule has 0 aliphatic carbocycles. The second kappa shape index (κ2) is 5.21. The van der Waals surface area contributed by atoms with E-state index in [0.717, 1.165) is 11.4 Å². The zero-order chi connectivity index (χ0) is 13.1. The number of nitrogens with zero attached hydrogens (tertiary/aromatic N) is 2. The number of para-hydroxylation sites is 2. The molecule has 0 unspecified atom stereocenters. The molecule has 0 bridgehead atoms. The summed E-state index contributed by atoms with van der Waals surface area (Å²) in [5.74, 6) is 0.206. The highest BCUT2D eigenvalue weighted by molar-refractivity contribution is 6.03. The van der Waals surface area contributed by atoms with Crippen LogP contribution in [0.2, 0.25) is 0 Å². The first-order valence-corrected chi connectivity index (χ1v) is 6.38. The minimum atomic E-state index is 0.103. The summed E-state index contributed by atoms with van der Waals surface area (Å²) in [6, 6.07) is 7.60. The molecule has 0 N–H and O–H groups in total. The lowest BCUT2D eigenvalue weighted by molar-refractivity contribution is -0.120. The maximum absolute atomic E-state index is 11.9. The zero-order valence-electron chi connectivity index (χ0n) is 10.8. The van der Waals surface area contributed by atoms with Gasteiger partial charge in [-0.1, -0.05) is 26.0 Å². The standard InChI is InChI=1S/C14H18N2O2/c1-3-13(17)15-9-10-16(14(18)4-2)12-8-6-5-7-11(12)15/h5-8H,3-4,9-10H2,1-2H3. The molecule has 4 heteroatoms. The zero-order valence-corrected chi connectivity index (χ0v) is 10.8. The summed E-state index contributed by atoms with van der Waals surface area (Å²) < 4.78 is 0. The van der Waals surface area contributed by atoms with Gasteiger partial charge in [0.05, 0.1) is 11.4 Å². The molecule has 1 aliphatic rings. The number of amides is 2. The molecule has 18 heavy (non-hydrogen) atoms. The van der Waals surface area contributed by atoms with Gasteiger partial charge in [-0.3, -0.25) is 9.59 Å². The van der Waals surface area contributed by atoms with Crippen LogP contribution in [0.5, 0.6) is 0 Å². The summed E-state index contributed by atoms with van der Waals surface area (Å²) >= 11 is 0. The van der Waals surface area contributed by atoms with Gasteiger partial charge >= 0.3 is 0 Å².